The molecule has 1 saturated carbocycles. The number of methoxy groups -OCH3 is 1. The zero-order valence-corrected chi connectivity index (χ0v) is 16.1. The molecule has 1 N–H and O–H groups in total. The molecule has 0 saturated heterocycles. The summed E-state index contributed by atoms with van der Waals surface area (Å²) in [4.78, 5) is 10.8. The molecule has 0 spiro atoms. The quantitative estimate of drug-likeness (QED) is 0.716. The van der Waals surface area contributed by atoms with Crippen molar-refractivity contribution in [2.24, 2.45) is 0 Å². The van der Waals surface area contributed by atoms with Crippen LogP contribution in [0.25, 0.3) is 10.2 Å². The average molecular weight is 375 g/mol. The van der Waals surface area contributed by atoms with E-state index >= 15 is 0 Å². The molecule has 0 radical (unpaired) electrons. The van der Waals surface area contributed by atoms with Crippen molar-refractivity contribution in [1.82, 2.24) is 14.3 Å². The zero-order valence-electron chi connectivity index (χ0n) is 14.5. The third-order valence-corrected chi connectivity index (χ3v) is 6.49. The van der Waals surface area contributed by atoms with Gasteiger partial charge in [0.25, 0.3) is 0 Å². The predicted octanol–water partition coefficient (Wildman–Crippen LogP) is 4.42. The third-order valence-electron chi connectivity index (χ3n) is 4.71. The van der Waals surface area contributed by atoms with Crippen molar-refractivity contribution in [2.75, 3.05) is 12.4 Å². The molecule has 0 bridgehead atoms. The summed E-state index contributed by atoms with van der Waals surface area (Å²) in [7, 11) is 1.81. The molecule has 5 nitrogen and oxygen atoms in total. The van der Waals surface area contributed by atoms with Crippen LogP contribution >= 0.6 is 22.9 Å². The molecule has 1 aliphatic rings. The van der Waals surface area contributed by atoms with Gasteiger partial charge < -0.3 is 10.1 Å². The van der Waals surface area contributed by atoms with E-state index in [0.29, 0.717) is 12.1 Å². The number of aromatic nitrogens is 3. The van der Waals surface area contributed by atoms with E-state index in [0.717, 1.165) is 59.7 Å². The van der Waals surface area contributed by atoms with Crippen LogP contribution in [0, 0.1) is 6.92 Å². The van der Waals surface area contributed by atoms with Gasteiger partial charge in [-0.05, 0) is 61.7 Å². The molecule has 0 amide bonds. The Morgan fingerprint density at radius 3 is 2.80 bits per heavy atom. The molecule has 0 aliphatic heterocycles. The number of hydrogen-bond acceptors (Lipinski definition) is 7. The Morgan fingerprint density at radius 1 is 1.24 bits per heavy atom. The lowest BCUT2D eigenvalue weighted by Crippen LogP contribution is -2.29. The highest BCUT2D eigenvalue weighted by Gasteiger charge is 2.22. The van der Waals surface area contributed by atoms with Gasteiger partial charge in [0.1, 0.15) is 11.6 Å². The van der Waals surface area contributed by atoms with Crippen LogP contribution in [-0.4, -0.2) is 33.6 Å². The van der Waals surface area contributed by atoms with Gasteiger partial charge in [-0.2, -0.15) is 4.37 Å². The smallest absolute Gasteiger partial charge is 0.148 e. The molecule has 3 aromatic heterocycles. The number of aryl methyl sites for hydroxylation is 1. The Kier molecular flexibility index (Phi) is 4.96. The van der Waals surface area contributed by atoms with Gasteiger partial charge >= 0.3 is 0 Å². The van der Waals surface area contributed by atoms with E-state index in [2.05, 4.69) is 27.2 Å². The standard InChI is InChI=1S/C18H22N4OS2/c1-11-9-14(25-22-11)10-16-20-15-7-8-24-17(15)18(21-16)19-12-3-5-13(23-2)6-4-12/h7-9,12-13H,3-6,10H2,1-2H3,(H,19,20,21). The minimum atomic E-state index is 0.412. The number of fused-ring (bicyclic) bond motifs is 1. The normalized spacial score (nSPS) is 20.9. The Bertz CT molecular complexity index is 852. The van der Waals surface area contributed by atoms with Crippen molar-refractivity contribution in [3.05, 3.63) is 33.9 Å². The molecule has 3 aromatic rings. The summed E-state index contributed by atoms with van der Waals surface area (Å²) in [6, 6.07) is 4.66. The maximum atomic E-state index is 5.48. The summed E-state index contributed by atoms with van der Waals surface area (Å²) in [5, 5.41) is 5.77. The SMILES string of the molecule is COC1CCC(Nc2nc(Cc3cc(C)ns3)nc3ccsc23)CC1. The number of rotatable bonds is 5. The van der Waals surface area contributed by atoms with E-state index in [1.54, 1.807) is 11.3 Å². The van der Waals surface area contributed by atoms with Crippen molar-refractivity contribution in [1.29, 1.82) is 0 Å². The average Bonchev–Trinajstić information content (AvgIpc) is 3.24. The van der Waals surface area contributed by atoms with Crippen LogP contribution in [0.5, 0.6) is 0 Å². The van der Waals surface area contributed by atoms with Crippen LogP contribution in [0.2, 0.25) is 0 Å². The largest absolute Gasteiger partial charge is 0.381 e. The van der Waals surface area contributed by atoms with Gasteiger partial charge in [-0.1, -0.05) is 0 Å². The van der Waals surface area contributed by atoms with Crippen LogP contribution in [0.1, 0.15) is 42.1 Å². The minimum Gasteiger partial charge on any atom is -0.381 e. The molecule has 1 aliphatic carbocycles. The molecular formula is C18H22N4OS2. The van der Waals surface area contributed by atoms with E-state index in [1.807, 2.05) is 14.0 Å². The molecule has 25 heavy (non-hydrogen) atoms. The predicted molar refractivity (Wildman–Crippen MR) is 104 cm³/mol. The van der Waals surface area contributed by atoms with Crippen molar-refractivity contribution in [3.8, 4) is 0 Å². The summed E-state index contributed by atoms with van der Waals surface area (Å²) < 4.78 is 11.0. The van der Waals surface area contributed by atoms with Crippen molar-refractivity contribution < 1.29 is 4.74 Å². The van der Waals surface area contributed by atoms with E-state index < -0.39 is 0 Å². The van der Waals surface area contributed by atoms with Crippen molar-refractivity contribution >= 4 is 38.9 Å². The van der Waals surface area contributed by atoms with Gasteiger partial charge in [0, 0.05) is 24.4 Å². The van der Waals surface area contributed by atoms with Crippen molar-refractivity contribution in [2.45, 2.75) is 51.2 Å². The molecule has 0 atom stereocenters. The molecule has 4 rings (SSSR count). The Hall–Kier alpha value is -1.57. The topological polar surface area (TPSA) is 59.9 Å². The molecule has 1 fully saturated rings. The van der Waals surface area contributed by atoms with Gasteiger partial charge in [-0.25, -0.2) is 9.97 Å². The maximum Gasteiger partial charge on any atom is 0.148 e. The highest BCUT2D eigenvalue weighted by Crippen LogP contribution is 2.30. The van der Waals surface area contributed by atoms with Gasteiger partial charge in [-0.15, -0.1) is 11.3 Å². The summed E-state index contributed by atoms with van der Waals surface area (Å²) in [5.41, 5.74) is 2.09. The lowest BCUT2D eigenvalue weighted by Gasteiger charge is -2.28. The van der Waals surface area contributed by atoms with Gasteiger partial charge in [0.05, 0.1) is 22.0 Å². The van der Waals surface area contributed by atoms with E-state index in [1.165, 1.54) is 16.4 Å². The Balaban J connectivity index is 1.56. The lowest BCUT2D eigenvalue weighted by atomic mass is 9.93. The van der Waals surface area contributed by atoms with E-state index in [-0.39, 0.29) is 0 Å². The summed E-state index contributed by atoms with van der Waals surface area (Å²) in [6.45, 7) is 2.02. The Labute approximate surface area is 155 Å². The van der Waals surface area contributed by atoms with Crippen LogP contribution in [0.4, 0.5) is 5.82 Å². The maximum absolute atomic E-state index is 5.48. The van der Waals surface area contributed by atoms with Gasteiger partial charge in [-0.3, -0.25) is 0 Å². The van der Waals surface area contributed by atoms with Crippen LogP contribution in [0.15, 0.2) is 17.5 Å². The fraction of sp³-hybridized carbons (Fsp3) is 0.500. The number of anilines is 1. The summed E-state index contributed by atoms with van der Waals surface area (Å²) in [6.07, 6.45) is 5.62. The second-order valence-electron chi connectivity index (χ2n) is 6.59. The van der Waals surface area contributed by atoms with Gasteiger partial charge in [0.2, 0.25) is 0 Å². The third kappa shape index (κ3) is 3.83. The number of hydrogen-bond donors (Lipinski definition) is 1. The molecular weight excluding hydrogens is 352 g/mol. The Morgan fingerprint density at radius 2 is 2.08 bits per heavy atom. The van der Waals surface area contributed by atoms with E-state index in [4.69, 9.17) is 14.7 Å². The minimum absolute atomic E-state index is 0.412. The van der Waals surface area contributed by atoms with Gasteiger partial charge in [0.15, 0.2) is 0 Å². The van der Waals surface area contributed by atoms with Crippen LogP contribution < -0.4 is 5.32 Å². The van der Waals surface area contributed by atoms with Crippen molar-refractivity contribution in [3.63, 3.8) is 0 Å². The monoisotopic (exact) mass is 374 g/mol. The molecule has 132 valence electrons. The number of ether oxygens (including phenoxy) is 1. The zero-order chi connectivity index (χ0) is 17.2. The number of nitrogens with zero attached hydrogens (tertiary/aromatic N) is 3. The molecule has 7 heteroatoms. The fourth-order valence-corrected chi connectivity index (χ4v) is 4.89. The number of thiophene rings is 1. The second-order valence-corrected chi connectivity index (χ2v) is 8.39. The van der Waals surface area contributed by atoms with Crippen LogP contribution in [0.3, 0.4) is 0 Å². The second kappa shape index (κ2) is 7.35. The first kappa shape index (κ1) is 16.9. The molecule has 0 aromatic carbocycles. The molecule has 0 unspecified atom stereocenters. The lowest BCUT2D eigenvalue weighted by molar-refractivity contribution is 0.0681. The molecule has 3 heterocycles. The highest BCUT2D eigenvalue weighted by molar-refractivity contribution is 7.17. The first-order chi connectivity index (χ1) is 12.2. The first-order valence-corrected chi connectivity index (χ1v) is 10.3. The summed E-state index contributed by atoms with van der Waals surface area (Å²) >= 11 is 3.24. The highest BCUT2D eigenvalue weighted by atomic mass is 32.1. The number of nitrogens with one attached hydrogen (secondary N) is 1. The summed E-state index contributed by atoms with van der Waals surface area (Å²) in [5.74, 6) is 1.85. The van der Waals surface area contributed by atoms with E-state index in [9.17, 15) is 0 Å². The fourth-order valence-electron chi connectivity index (χ4n) is 3.38. The first-order valence-electron chi connectivity index (χ1n) is 8.67. The van der Waals surface area contributed by atoms with Crippen LogP contribution in [-0.2, 0) is 11.2 Å².